The molecule has 1 fully saturated rings. The summed E-state index contributed by atoms with van der Waals surface area (Å²) in [6.45, 7) is 2.47. The van der Waals surface area contributed by atoms with Crippen LogP contribution in [0.2, 0.25) is 0 Å². The van der Waals surface area contributed by atoms with Crippen LogP contribution in [-0.4, -0.2) is 33.1 Å². The van der Waals surface area contributed by atoms with Crippen LogP contribution in [0.5, 0.6) is 0 Å². The van der Waals surface area contributed by atoms with Crippen LogP contribution in [-0.2, 0) is 6.54 Å². The maximum Gasteiger partial charge on any atom is 0.320 e. The molecule has 0 unspecified atom stereocenters. The molecule has 0 radical (unpaired) electrons. The van der Waals surface area contributed by atoms with Crippen molar-refractivity contribution in [3.8, 4) is 0 Å². The van der Waals surface area contributed by atoms with Crippen LogP contribution in [0, 0.1) is 6.92 Å². The van der Waals surface area contributed by atoms with Crippen LogP contribution in [0.3, 0.4) is 0 Å². The summed E-state index contributed by atoms with van der Waals surface area (Å²) < 4.78 is 1.78. The second-order valence-corrected chi connectivity index (χ2v) is 6.54. The molecule has 1 aromatic heterocycles. The number of aliphatic hydroxyl groups excluding tert-OH is 1. The summed E-state index contributed by atoms with van der Waals surface area (Å²) in [6, 6.07) is 11.6. The number of aryl methyl sites for hydroxylation is 1. The first-order valence-corrected chi connectivity index (χ1v) is 8.39. The molecule has 1 saturated carbocycles. The van der Waals surface area contributed by atoms with E-state index in [4.69, 9.17) is 0 Å². The predicted octanol–water partition coefficient (Wildman–Crippen LogP) is 2.67. The third kappa shape index (κ3) is 3.76. The van der Waals surface area contributed by atoms with Gasteiger partial charge in [-0.15, -0.1) is 0 Å². The Morgan fingerprint density at radius 3 is 2.67 bits per heavy atom. The van der Waals surface area contributed by atoms with Gasteiger partial charge in [0, 0.05) is 6.07 Å². The molecule has 1 aliphatic carbocycles. The zero-order valence-corrected chi connectivity index (χ0v) is 14.0. The Bertz CT molecular complexity index is 690. The molecule has 128 valence electrons. The van der Waals surface area contributed by atoms with Gasteiger partial charge in [0.1, 0.15) is 5.82 Å². The standard InChI is InChI=1S/C18H24N4O2/c1-14-11-16(22(21-14)12-15-7-3-2-4-8-15)19-17(24)20-18(13-23)9-5-6-10-18/h2-4,7-8,11,23H,5-6,9-10,12-13H2,1H3,(H2,19,20,24). The molecule has 6 nitrogen and oxygen atoms in total. The third-order valence-corrected chi connectivity index (χ3v) is 4.56. The van der Waals surface area contributed by atoms with Gasteiger partial charge in [0.2, 0.25) is 0 Å². The SMILES string of the molecule is Cc1cc(NC(=O)NC2(CO)CCCC2)n(Cc2ccccc2)n1. The smallest absolute Gasteiger partial charge is 0.320 e. The van der Waals surface area contributed by atoms with Gasteiger partial charge in [-0.05, 0) is 25.3 Å². The highest BCUT2D eigenvalue weighted by atomic mass is 16.3. The Morgan fingerprint density at radius 1 is 1.29 bits per heavy atom. The largest absolute Gasteiger partial charge is 0.394 e. The maximum absolute atomic E-state index is 12.4. The van der Waals surface area contributed by atoms with Crippen molar-refractivity contribution in [3.63, 3.8) is 0 Å². The number of rotatable bonds is 5. The zero-order chi connectivity index (χ0) is 17.0. The van der Waals surface area contributed by atoms with Gasteiger partial charge < -0.3 is 10.4 Å². The van der Waals surface area contributed by atoms with Crippen molar-refractivity contribution in [3.05, 3.63) is 47.7 Å². The summed E-state index contributed by atoms with van der Waals surface area (Å²) in [5.41, 5.74) is 1.48. The normalized spacial score (nSPS) is 16.1. The number of anilines is 1. The summed E-state index contributed by atoms with van der Waals surface area (Å²) in [7, 11) is 0. The average Bonchev–Trinajstić information content (AvgIpc) is 3.16. The predicted molar refractivity (Wildman–Crippen MR) is 92.9 cm³/mol. The first kappa shape index (κ1) is 16.5. The number of benzene rings is 1. The second-order valence-electron chi connectivity index (χ2n) is 6.54. The summed E-state index contributed by atoms with van der Waals surface area (Å²) in [5.74, 6) is 0.653. The molecule has 1 heterocycles. The van der Waals surface area contributed by atoms with Crippen molar-refractivity contribution in [1.82, 2.24) is 15.1 Å². The van der Waals surface area contributed by atoms with E-state index in [1.807, 2.05) is 43.3 Å². The lowest BCUT2D eigenvalue weighted by atomic mass is 9.99. The van der Waals surface area contributed by atoms with E-state index in [9.17, 15) is 9.90 Å². The average molecular weight is 328 g/mol. The van der Waals surface area contributed by atoms with E-state index in [0.29, 0.717) is 12.4 Å². The fraction of sp³-hybridized carbons (Fsp3) is 0.444. The van der Waals surface area contributed by atoms with Gasteiger partial charge in [0.05, 0.1) is 24.4 Å². The lowest BCUT2D eigenvalue weighted by Crippen LogP contribution is -2.50. The first-order valence-electron chi connectivity index (χ1n) is 8.39. The highest BCUT2D eigenvalue weighted by Gasteiger charge is 2.34. The molecule has 3 rings (SSSR count). The highest BCUT2D eigenvalue weighted by Crippen LogP contribution is 2.29. The molecule has 0 saturated heterocycles. The van der Waals surface area contributed by atoms with E-state index in [-0.39, 0.29) is 12.6 Å². The summed E-state index contributed by atoms with van der Waals surface area (Å²) in [6.07, 6.45) is 3.70. The maximum atomic E-state index is 12.4. The summed E-state index contributed by atoms with van der Waals surface area (Å²) in [4.78, 5) is 12.4. The third-order valence-electron chi connectivity index (χ3n) is 4.56. The van der Waals surface area contributed by atoms with E-state index in [1.165, 1.54) is 0 Å². The number of carbonyl (C=O) groups is 1. The molecule has 1 aromatic carbocycles. The number of aliphatic hydroxyl groups is 1. The fourth-order valence-corrected chi connectivity index (χ4v) is 3.29. The molecule has 6 heteroatoms. The minimum Gasteiger partial charge on any atom is -0.394 e. The minimum absolute atomic E-state index is 0.0251. The van der Waals surface area contributed by atoms with Crippen molar-refractivity contribution in [1.29, 1.82) is 0 Å². The van der Waals surface area contributed by atoms with Crippen molar-refractivity contribution >= 4 is 11.8 Å². The Kier molecular flexibility index (Phi) is 4.85. The monoisotopic (exact) mass is 328 g/mol. The van der Waals surface area contributed by atoms with Gasteiger partial charge in [-0.1, -0.05) is 43.2 Å². The fourth-order valence-electron chi connectivity index (χ4n) is 3.29. The number of hydrogen-bond acceptors (Lipinski definition) is 3. The molecular weight excluding hydrogens is 304 g/mol. The summed E-state index contributed by atoms with van der Waals surface area (Å²) >= 11 is 0. The van der Waals surface area contributed by atoms with Crippen LogP contribution < -0.4 is 10.6 Å². The Morgan fingerprint density at radius 2 is 2.00 bits per heavy atom. The number of aromatic nitrogens is 2. The van der Waals surface area contributed by atoms with Crippen LogP contribution in [0.4, 0.5) is 10.6 Å². The highest BCUT2D eigenvalue weighted by molar-refractivity contribution is 5.89. The van der Waals surface area contributed by atoms with E-state index >= 15 is 0 Å². The van der Waals surface area contributed by atoms with Crippen LogP contribution >= 0.6 is 0 Å². The Labute approximate surface area is 141 Å². The second kappa shape index (κ2) is 7.05. The summed E-state index contributed by atoms with van der Waals surface area (Å²) in [5, 5.41) is 19.9. The van der Waals surface area contributed by atoms with Gasteiger partial charge in [0.15, 0.2) is 0 Å². The number of urea groups is 1. The number of nitrogens with zero attached hydrogens (tertiary/aromatic N) is 2. The molecule has 3 N–H and O–H groups in total. The molecule has 24 heavy (non-hydrogen) atoms. The van der Waals surface area contributed by atoms with Crippen LogP contribution in [0.1, 0.15) is 36.9 Å². The molecule has 0 spiro atoms. The number of hydrogen-bond donors (Lipinski definition) is 3. The molecule has 0 bridgehead atoms. The zero-order valence-electron chi connectivity index (χ0n) is 14.0. The lowest BCUT2D eigenvalue weighted by Gasteiger charge is -2.28. The molecule has 0 aliphatic heterocycles. The van der Waals surface area contributed by atoms with E-state index < -0.39 is 5.54 Å². The Hall–Kier alpha value is -2.34. The Balaban J connectivity index is 1.69. The number of amides is 2. The van der Waals surface area contributed by atoms with Gasteiger partial charge >= 0.3 is 6.03 Å². The lowest BCUT2D eigenvalue weighted by molar-refractivity contribution is 0.167. The molecule has 2 amide bonds. The van der Waals surface area contributed by atoms with E-state index in [1.54, 1.807) is 4.68 Å². The van der Waals surface area contributed by atoms with Crippen molar-refractivity contribution in [2.75, 3.05) is 11.9 Å². The van der Waals surface area contributed by atoms with Crippen LogP contribution in [0.15, 0.2) is 36.4 Å². The van der Waals surface area contributed by atoms with Crippen molar-refractivity contribution in [2.24, 2.45) is 0 Å². The van der Waals surface area contributed by atoms with Crippen molar-refractivity contribution < 1.29 is 9.90 Å². The van der Waals surface area contributed by atoms with Gasteiger partial charge in [-0.25, -0.2) is 9.48 Å². The van der Waals surface area contributed by atoms with Crippen molar-refractivity contribution in [2.45, 2.75) is 44.7 Å². The minimum atomic E-state index is -0.483. The molecule has 0 atom stereocenters. The quantitative estimate of drug-likeness (QED) is 0.789. The first-order chi connectivity index (χ1) is 11.6. The van der Waals surface area contributed by atoms with E-state index in [0.717, 1.165) is 36.9 Å². The van der Waals surface area contributed by atoms with Gasteiger partial charge in [-0.3, -0.25) is 5.32 Å². The van der Waals surface area contributed by atoms with Crippen LogP contribution in [0.25, 0.3) is 0 Å². The van der Waals surface area contributed by atoms with Gasteiger partial charge in [0.25, 0.3) is 0 Å². The number of carbonyl (C=O) groups excluding carboxylic acids is 1. The topological polar surface area (TPSA) is 79.2 Å². The van der Waals surface area contributed by atoms with E-state index in [2.05, 4.69) is 15.7 Å². The molecule has 1 aliphatic rings. The molecular formula is C18H24N4O2. The molecule has 2 aromatic rings. The number of nitrogens with one attached hydrogen (secondary N) is 2. The van der Waals surface area contributed by atoms with Gasteiger partial charge in [-0.2, -0.15) is 5.10 Å².